The number of nitrogens with one attached hydrogen (secondary N) is 3. The highest BCUT2D eigenvalue weighted by Crippen LogP contribution is 2.15. The number of hydrogen-bond donors (Lipinski definition) is 3. The van der Waals surface area contributed by atoms with Gasteiger partial charge in [0, 0.05) is 23.5 Å². The Morgan fingerprint density at radius 2 is 1.78 bits per heavy atom. The first-order chi connectivity index (χ1) is 11.1. The van der Waals surface area contributed by atoms with Crippen molar-refractivity contribution in [2.75, 3.05) is 17.2 Å². The fourth-order valence-electron chi connectivity index (χ4n) is 1.97. The van der Waals surface area contributed by atoms with Crippen molar-refractivity contribution in [2.45, 2.75) is 6.92 Å². The van der Waals surface area contributed by atoms with Gasteiger partial charge in [0.2, 0.25) is 0 Å². The maximum Gasteiger partial charge on any atom is 0.255 e. The highest BCUT2D eigenvalue weighted by molar-refractivity contribution is 7.80. The van der Waals surface area contributed by atoms with Gasteiger partial charge in [-0.15, -0.1) is 6.58 Å². The summed E-state index contributed by atoms with van der Waals surface area (Å²) in [6.45, 7) is 6.19. The van der Waals surface area contributed by atoms with Gasteiger partial charge in [0.1, 0.15) is 0 Å². The summed E-state index contributed by atoms with van der Waals surface area (Å²) >= 11 is 5.14. The van der Waals surface area contributed by atoms with E-state index in [0.717, 1.165) is 16.9 Å². The first kappa shape index (κ1) is 16.7. The average molecular weight is 325 g/mol. The van der Waals surface area contributed by atoms with E-state index in [4.69, 9.17) is 12.2 Å². The summed E-state index contributed by atoms with van der Waals surface area (Å²) in [6, 6.07) is 14.8. The smallest absolute Gasteiger partial charge is 0.255 e. The Morgan fingerprint density at radius 1 is 1.13 bits per heavy atom. The molecule has 0 aromatic heterocycles. The number of carbonyl (C=O) groups is 1. The van der Waals surface area contributed by atoms with Gasteiger partial charge in [-0.05, 0) is 55.5 Å². The van der Waals surface area contributed by atoms with Gasteiger partial charge in [0.05, 0.1) is 0 Å². The first-order valence-corrected chi connectivity index (χ1v) is 7.63. The van der Waals surface area contributed by atoms with Crippen LogP contribution >= 0.6 is 12.2 Å². The molecule has 5 heteroatoms. The first-order valence-electron chi connectivity index (χ1n) is 7.22. The van der Waals surface area contributed by atoms with Gasteiger partial charge >= 0.3 is 0 Å². The molecule has 118 valence electrons. The highest BCUT2D eigenvalue weighted by atomic mass is 32.1. The lowest BCUT2D eigenvalue weighted by Crippen LogP contribution is -2.28. The molecule has 0 aliphatic heterocycles. The Hall–Kier alpha value is -2.66. The lowest BCUT2D eigenvalue weighted by atomic mass is 10.1. The van der Waals surface area contributed by atoms with Gasteiger partial charge in [-0.25, -0.2) is 0 Å². The molecular formula is C18H19N3OS. The summed E-state index contributed by atoms with van der Waals surface area (Å²) in [5.74, 6) is -0.127. The number of benzene rings is 2. The van der Waals surface area contributed by atoms with Gasteiger partial charge in [-0.2, -0.15) is 0 Å². The number of anilines is 2. The summed E-state index contributed by atoms with van der Waals surface area (Å²) in [5, 5.41) is 9.44. The van der Waals surface area contributed by atoms with Crippen LogP contribution in [0.5, 0.6) is 0 Å². The average Bonchev–Trinajstić information content (AvgIpc) is 2.54. The lowest BCUT2D eigenvalue weighted by Gasteiger charge is -2.10. The molecule has 0 aliphatic carbocycles. The lowest BCUT2D eigenvalue weighted by molar-refractivity contribution is 0.102. The molecule has 0 aliphatic rings. The molecule has 0 spiro atoms. The molecule has 4 nitrogen and oxygen atoms in total. The Bertz CT molecular complexity index is 710. The minimum atomic E-state index is -0.127. The monoisotopic (exact) mass is 325 g/mol. The van der Waals surface area contributed by atoms with E-state index in [2.05, 4.69) is 22.5 Å². The van der Waals surface area contributed by atoms with Crippen molar-refractivity contribution in [1.82, 2.24) is 5.32 Å². The second-order valence-electron chi connectivity index (χ2n) is 5.02. The van der Waals surface area contributed by atoms with Crippen LogP contribution in [0.4, 0.5) is 11.4 Å². The second-order valence-corrected chi connectivity index (χ2v) is 5.43. The van der Waals surface area contributed by atoms with Crippen LogP contribution in [0.25, 0.3) is 0 Å². The van der Waals surface area contributed by atoms with E-state index in [-0.39, 0.29) is 5.91 Å². The molecule has 23 heavy (non-hydrogen) atoms. The van der Waals surface area contributed by atoms with Crippen molar-refractivity contribution in [3.63, 3.8) is 0 Å². The zero-order valence-electron chi connectivity index (χ0n) is 12.9. The van der Waals surface area contributed by atoms with Gasteiger partial charge in [-0.3, -0.25) is 4.79 Å². The molecule has 2 aromatic rings. The summed E-state index contributed by atoms with van der Waals surface area (Å²) in [4.78, 5) is 12.2. The predicted molar refractivity (Wildman–Crippen MR) is 100.0 cm³/mol. The molecule has 0 fully saturated rings. The standard InChI is InChI=1S/C18H19N3OS/c1-3-11-19-18(23)21-16-9-7-15(8-10-16)20-17(22)14-6-4-5-13(2)12-14/h3-10,12H,1,11H2,2H3,(H,20,22)(H2,19,21,23). The Balaban J connectivity index is 1.95. The van der Waals surface area contributed by atoms with E-state index < -0.39 is 0 Å². The summed E-state index contributed by atoms with van der Waals surface area (Å²) in [5.41, 5.74) is 3.27. The number of thiocarbonyl (C=S) groups is 1. The third-order valence-electron chi connectivity index (χ3n) is 3.09. The van der Waals surface area contributed by atoms with Crippen LogP contribution in [0, 0.1) is 6.92 Å². The molecule has 0 saturated heterocycles. The van der Waals surface area contributed by atoms with Crippen LogP contribution in [0.3, 0.4) is 0 Å². The number of aryl methyl sites for hydroxylation is 1. The number of amides is 1. The molecular weight excluding hydrogens is 306 g/mol. The predicted octanol–water partition coefficient (Wildman–Crippen LogP) is 3.72. The molecule has 2 aromatic carbocycles. The SMILES string of the molecule is C=CCNC(=S)Nc1ccc(NC(=O)c2cccc(C)c2)cc1. The van der Waals surface area contributed by atoms with Crippen molar-refractivity contribution in [3.8, 4) is 0 Å². The molecule has 0 heterocycles. The van der Waals surface area contributed by atoms with Crippen LogP contribution in [0.15, 0.2) is 61.2 Å². The Kier molecular flexibility index (Phi) is 5.88. The van der Waals surface area contributed by atoms with Crippen LogP contribution in [0.2, 0.25) is 0 Å². The molecule has 0 saturated carbocycles. The Labute approximate surface area is 141 Å². The van der Waals surface area contributed by atoms with Crippen LogP contribution in [-0.4, -0.2) is 17.6 Å². The van der Waals surface area contributed by atoms with Crippen molar-refractivity contribution in [2.24, 2.45) is 0 Å². The second kappa shape index (κ2) is 8.10. The fourth-order valence-corrected chi connectivity index (χ4v) is 2.17. The van der Waals surface area contributed by atoms with Gasteiger partial charge < -0.3 is 16.0 Å². The summed E-state index contributed by atoms with van der Waals surface area (Å²) in [6.07, 6.45) is 1.73. The van der Waals surface area contributed by atoms with Crippen LogP contribution < -0.4 is 16.0 Å². The quantitative estimate of drug-likeness (QED) is 0.579. The number of rotatable bonds is 5. The largest absolute Gasteiger partial charge is 0.359 e. The normalized spacial score (nSPS) is 9.78. The van der Waals surface area contributed by atoms with E-state index in [1.165, 1.54) is 0 Å². The number of hydrogen-bond acceptors (Lipinski definition) is 2. The third kappa shape index (κ3) is 5.23. The van der Waals surface area contributed by atoms with Gasteiger partial charge in [0.25, 0.3) is 5.91 Å². The highest BCUT2D eigenvalue weighted by Gasteiger charge is 2.06. The van der Waals surface area contributed by atoms with E-state index in [1.54, 1.807) is 12.1 Å². The maximum absolute atomic E-state index is 12.2. The minimum Gasteiger partial charge on any atom is -0.359 e. The Morgan fingerprint density at radius 3 is 2.39 bits per heavy atom. The van der Waals surface area contributed by atoms with Gasteiger partial charge in [0.15, 0.2) is 5.11 Å². The molecule has 0 radical (unpaired) electrons. The topological polar surface area (TPSA) is 53.2 Å². The molecule has 0 atom stereocenters. The molecule has 0 bridgehead atoms. The number of carbonyl (C=O) groups excluding carboxylic acids is 1. The van der Waals surface area contributed by atoms with E-state index in [1.807, 2.05) is 49.4 Å². The van der Waals surface area contributed by atoms with E-state index in [0.29, 0.717) is 17.2 Å². The summed E-state index contributed by atoms with van der Waals surface area (Å²) in [7, 11) is 0. The van der Waals surface area contributed by atoms with Crippen molar-refractivity contribution >= 4 is 34.6 Å². The van der Waals surface area contributed by atoms with Crippen molar-refractivity contribution < 1.29 is 4.79 Å². The van der Waals surface area contributed by atoms with Crippen molar-refractivity contribution in [3.05, 3.63) is 72.3 Å². The zero-order valence-corrected chi connectivity index (χ0v) is 13.7. The molecule has 2 rings (SSSR count). The molecule has 0 unspecified atom stereocenters. The van der Waals surface area contributed by atoms with Crippen LogP contribution in [0.1, 0.15) is 15.9 Å². The molecule has 3 N–H and O–H groups in total. The summed E-state index contributed by atoms with van der Waals surface area (Å²) < 4.78 is 0. The van der Waals surface area contributed by atoms with Crippen molar-refractivity contribution in [1.29, 1.82) is 0 Å². The third-order valence-corrected chi connectivity index (χ3v) is 3.33. The van der Waals surface area contributed by atoms with E-state index >= 15 is 0 Å². The van der Waals surface area contributed by atoms with Gasteiger partial charge in [-0.1, -0.05) is 23.8 Å². The zero-order chi connectivity index (χ0) is 16.7. The molecule has 1 amide bonds. The fraction of sp³-hybridized carbons (Fsp3) is 0.111. The minimum absolute atomic E-state index is 0.127. The van der Waals surface area contributed by atoms with Crippen LogP contribution in [-0.2, 0) is 0 Å². The maximum atomic E-state index is 12.2. The van der Waals surface area contributed by atoms with E-state index in [9.17, 15) is 4.79 Å².